The van der Waals surface area contributed by atoms with Crippen molar-refractivity contribution >= 4 is 17.5 Å². The summed E-state index contributed by atoms with van der Waals surface area (Å²) in [6, 6.07) is 17.2. The predicted octanol–water partition coefficient (Wildman–Crippen LogP) is 2.78. The quantitative estimate of drug-likeness (QED) is 0.944. The number of aryl methyl sites for hydroxylation is 1. The van der Waals surface area contributed by atoms with Gasteiger partial charge in [-0.05, 0) is 31.2 Å². The van der Waals surface area contributed by atoms with E-state index in [1.807, 2.05) is 55.5 Å². The van der Waals surface area contributed by atoms with Crippen LogP contribution in [-0.2, 0) is 4.79 Å². The van der Waals surface area contributed by atoms with Gasteiger partial charge >= 0.3 is 0 Å². The van der Waals surface area contributed by atoms with Gasteiger partial charge in [0.05, 0.1) is 0 Å². The molecule has 2 amide bonds. The molecule has 2 aromatic carbocycles. The average Bonchev–Trinajstić information content (AvgIpc) is 2.94. The molecule has 118 valence electrons. The minimum atomic E-state index is -0.0840. The van der Waals surface area contributed by atoms with Crippen molar-refractivity contribution in [1.82, 2.24) is 5.32 Å². The Morgan fingerprint density at radius 2 is 1.96 bits per heavy atom. The Labute approximate surface area is 136 Å². The SMILES string of the molecule is Cc1cccc(C(=O)NC[C@H]2CC(=O)N(c3ccccc3)C2)c1. The normalized spacial score (nSPS) is 17.3. The smallest absolute Gasteiger partial charge is 0.251 e. The number of anilines is 1. The molecule has 0 spiro atoms. The van der Waals surface area contributed by atoms with Crippen LogP contribution >= 0.6 is 0 Å². The second-order valence-corrected chi connectivity index (χ2v) is 5.99. The Balaban J connectivity index is 1.58. The number of carbonyl (C=O) groups is 2. The molecule has 0 radical (unpaired) electrons. The van der Waals surface area contributed by atoms with Gasteiger partial charge < -0.3 is 10.2 Å². The highest BCUT2D eigenvalue weighted by Crippen LogP contribution is 2.24. The summed E-state index contributed by atoms with van der Waals surface area (Å²) in [6.07, 6.45) is 0.475. The fourth-order valence-corrected chi connectivity index (χ4v) is 2.90. The lowest BCUT2D eigenvalue weighted by Gasteiger charge is -2.16. The van der Waals surface area contributed by atoms with E-state index in [1.165, 1.54) is 0 Å². The summed E-state index contributed by atoms with van der Waals surface area (Å²) >= 11 is 0. The van der Waals surface area contributed by atoms with Crippen LogP contribution in [0.25, 0.3) is 0 Å². The Bertz CT molecular complexity index is 712. The predicted molar refractivity (Wildman–Crippen MR) is 90.4 cm³/mol. The molecule has 4 heteroatoms. The lowest BCUT2D eigenvalue weighted by Crippen LogP contribution is -2.31. The highest BCUT2D eigenvalue weighted by molar-refractivity contribution is 5.96. The summed E-state index contributed by atoms with van der Waals surface area (Å²) in [4.78, 5) is 26.1. The fourth-order valence-electron chi connectivity index (χ4n) is 2.90. The molecule has 0 saturated carbocycles. The Morgan fingerprint density at radius 3 is 2.70 bits per heavy atom. The summed E-state index contributed by atoms with van der Waals surface area (Å²) in [6.45, 7) is 3.13. The molecule has 1 fully saturated rings. The molecule has 1 aliphatic heterocycles. The lowest BCUT2D eigenvalue weighted by molar-refractivity contribution is -0.117. The number of nitrogens with one attached hydrogen (secondary N) is 1. The first-order valence-corrected chi connectivity index (χ1v) is 7.84. The van der Waals surface area contributed by atoms with Crippen molar-refractivity contribution in [3.8, 4) is 0 Å². The molecule has 1 saturated heterocycles. The van der Waals surface area contributed by atoms with E-state index in [0.29, 0.717) is 25.1 Å². The number of carbonyl (C=O) groups excluding carboxylic acids is 2. The molecular weight excluding hydrogens is 288 g/mol. The van der Waals surface area contributed by atoms with Crippen molar-refractivity contribution in [1.29, 1.82) is 0 Å². The number of nitrogens with zero attached hydrogens (tertiary/aromatic N) is 1. The first-order chi connectivity index (χ1) is 11.1. The third kappa shape index (κ3) is 3.59. The standard InChI is InChI=1S/C19H20N2O2/c1-14-6-5-7-16(10-14)19(23)20-12-15-11-18(22)21(13-15)17-8-3-2-4-9-17/h2-10,15H,11-13H2,1H3,(H,20,23)/t15-/m1/s1. The molecule has 0 unspecified atom stereocenters. The minimum Gasteiger partial charge on any atom is -0.352 e. The molecule has 23 heavy (non-hydrogen) atoms. The summed E-state index contributed by atoms with van der Waals surface area (Å²) in [5.74, 6) is 0.182. The first-order valence-electron chi connectivity index (χ1n) is 7.84. The second kappa shape index (κ2) is 6.65. The molecule has 1 heterocycles. The van der Waals surface area contributed by atoms with Gasteiger partial charge in [-0.3, -0.25) is 9.59 Å². The van der Waals surface area contributed by atoms with Gasteiger partial charge in [0.15, 0.2) is 0 Å². The maximum atomic E-state index is 12.2. The summed E-state index contributed by atoms with van der Waals surface area (Å²) in [5.41, 5.74) is 2.64. The van der Waals surface area contributed by atoms with Gasteiger partial charge in [0.2, 0.25) is 5.91 Å². The largest absolute Gasteiger partial charge is 0.352 e. The number of hydrogen-bond donors (Lipinski definition) is 1. The van der Waals surface area contributed by atoms with Crippen molar-refractivity contribution in [2.45, 2.75) is 13.3 Å². The molecule has 2 aromatic rings. The highest BCUT2D eigenvalue weighted by Gasteiger charge is 2.30. The Kier molecular flexibility index (Phi) is 4.42. The Hall–Kier alpha value is -2.62. The topological polar surface area (TPSA) is 49.4 Å². The number of hydrogen-bond acceptors (Lipinski definition) is 2. The van der Waals surface area contributed by atoms with Gasteiger partial charge in [0.1, 0.15) is 0 Å². The third-order valence-corrected chi connectivity index (χ3v) is 4.10. The molecule has 1 aliphatic rings. The van der Waals surface area contributed by atoms with Gasteiger partial charge in [0.25, 0.3) is 5.91 Å². The van der Waals surface area contributed by atoms with E-state index in [9.17, 15) is 9.59 Å². The number of benzene rings is 2. The van der Waals surface area contributed by atoms with Crippen LogP contribution in [0.2, 0.25) is 0 Å². The van der Waals surface area contributed by atoms with E-state index in [1.54, 1.807) is 11.0 Å². The third-order valence-electron chi connectivity index (χ3n) is 4.10. The maximum Gasteiger partial charge on any atom is 0.251 e. The van der Waals surface area contributed by atoms with Gasteiger partial charge in [-0.1, -0.05) is 35.9 Å². The summed E-state index contributed by atoms with van der Waals surface area (Å²) < 4.78 is 0. The van der Waals surface area contributed by atoms with Crippen molar-refractivity contribution < 1.29 is 9.59 Å². The van der Waals surface area contributed by atoms with Crippen LogP contribution in [0.4, 0.5) is 5.69 Å². The van der Waals surface area contributed by atoms with Gasteiger partial charge in [-0.2, -0.15) is 0 Å². The molecule has 4 nitrogen and oxygen atoms in total. The van der Waals surface area contributed by atoms with Gasteiger partial charge in [-0.25, -0.2) is 0 Å². The summed E-state index contributed by atoms with van der Waals surface area (Å²) in [5, 5.41) is 2.94. The van der Waals surface area contributed by atoms with Crippen molar-refractivity contribution in [2.24, 2.45) is 5.92 Å². The zero-order valence-corrected chi connectivity index (χ0v) is 13.2. The summed E-state index contributed by atoms with van der Waals surface area (Å²) in [7, 11) is 0. The van der Waals surface area contributed by atoms with E-state index >= 15 is 0 Å². The van der Waals surface area contributed by atoms with Crippen LogP contribution in [0.1, 0.15) is 22.3 Å². The van der Waals surface area contributed by atoms with E-state index < -0.39 is 0 Å². The fraction of sp³-hybridized carbons (Fsp3) is 0.263. The second-order valence-electron chi connectivity index (χ2n) is 5.99. The van der Waals surface area contributed by atoms with Crippen molar-refractivity contribution in [3.05, 3.63) is 65.7 Å². The maximum absolute atomic E-state index is 12.2. The van der Waals surface area contributed by atoms with Crippen LogP contribution in [0, 0.1) is 12.8 Å². The number of rotatable bonds is 4. The van der Waals surface area contributed by atoms with Crippen molar-refractivity contribution in [2.75, 3.05) is 18.0 Å². The van der Waals surface area contributed by atoms with Crippen LogP contribution in [-0.4, -0.2) is 24.9 Å². The molecule has 0 bridgehead atoms. The van der Waals surface area contributed by atoms with Crippen LogP contribution in [0.15, 0.2) is 54.6 Å². The monoisotopic (exact) mass is 308 g/mol. The van der Waals surface area contributed by atoms with Crippen molar-refractivity contribution in [3.63, 3.8) is 0 Å². The molecule has 0 aliphatic carbocycles. The zero-order valence-electron chi connectivity index (χ0n) is 13.2. The van der Waals surface area contributed by atoms with E-state index in [4.69, 9.17) is 0 Å². The Morgan fingerprint density at radius 1 is 1.17 bits per heavy atom. The molecule has 0 aromatic heterocycles. The minimum absolute atomic E-state index is 0.0840. The van der Waals surface area contributed by atoms with E-state index in [-0.39, 0.29) is 17.7 Å². The molecule has 1 N–H and O–H groups in total. The first kappa shape index (κ1) is 15.3. The molecule has 3 rings (SSSR count). The van der Waals surface area contributed by atoms with E-state index in [0.717, 1.165) is 11.3 Å². The molecule has 1 atom stereocenters. The van der Waals surface area contributed by atoms with E-state index in [2.05, 4.69) is 5.32 Å². The van der Waals surface area contributed by atoms with Gasteiger partial charge in [0, 0.05) is 36.7 Å². The number of amides is 2. The zero-order chi connectivity index (χ0) is 16.2. The van der Waals surface area contributed by atoms with Crippen LogP contribution in [0.5, 0.6) is 0 Å². The lowest BCUT2D eigenvalue weighted by atomic mass is 10.1. The average molecular weight is 308 g/mol. The number of para-hydroxylation sites is 1. The molecular formula is C19H20N2O2. The van der Waals surface area contributed by atoms with Crippen LogP contribution < -0.4 is 10.2 Å². The van der Waals surface area contributed by atoms with Gasteiger partial charge in [-0.15, -0.1) is 0 Å². The van der Waals surface area contributed by atoms with Crippen LogP contribution in [0.3, 0.4) is 0 Å². The highest BCUT2D eigenvalue weighted by atomic mass is 16.2.